The number of hydrogen-bond acceptors (Lipinski definition) is 2. The minimum atomic E-state index is -0.945. The molecule has 2 nitrogen and oxygen atoms in total. The second kappa shape index (κ2) is 5.41. The smallest absolute Gasteiger partial charge is 0.182 e. The second-order valence-corrected chi connectivity index (χ2v) is 5.71. The second-order valence-electron chi connectivity index (χ2n) is 5.27. The maximum Gasteiger partial charge on any atom is 0.182 e. The first-order valence-electron chi connectivity index (χ1n) is 6.48. The van der Waals surface area contributed by atoms with Crippen LogP contribution in [0.15, 0.2) is 12.1 Å². The van der Waals surface area contributed by atoms with Crippen LogP contribution < -0.4 is 10.6 Å². The molecule has 0 bridgehead atoms. The number of hydrogen-bond donors (Lipinski definition) is 1. The molecule has 1 saturated heterocycles. The van der Waals surface area contributed by atoms with Gasteiger partial charge in [0.1, 0.15) is 4.99 Å². The summed E-state index contributed by atoms with van der Waals surface area (Å²) in [6.07, 6.45) is 2.01. The molecular weight excluding hydrogens is 266 g/mol. The highest BCUT2D eigenvalue weighted by Crippen LogP contribution is 2.33. The van der Waals surface area contributed by atoms with Crippen LogP contribution in [-0.4, -0.2) is 17.6 Å². The molecule has 1 aromatic carbocycles. The third kappa shape index (κ3) is 2.56. The van der Waals surface area contributed by atoms with Gasteiger partial charge in [-0.1, -0.05) is 26.1 Å². The molecule has 104 valence electrons. The summed E-state index contributed by atoms with van der Waals surface area (Å²) in [6, 6.07) is 3.30. The van der Waals surface area contributed by atoms with Crippen LogP contribution in [0.1, 0.15) is 32.3 Å². The summed E-state index contributed by atoms with van der Waals surface area (Å²) in [7, 11) is 0. The van der Waals surface area contributed by atoms with Gasteiger partial charge in [-0.3, -0.25) is 0 Å². The molecule has 1 atom stereocenters. The Labute approximate surface area is 117 Å². The Bertz CT molecular complexity index is 502. The molecule has 1 fully saturated rings. The van der Waals surface area contributed by atoms with E-state index in [0.717, 1.165) is 19.4 Å². The van der Waals surface area contributed by atoms with Crippen LogP contribution in [0.25, 0.3) is 0 Å². The van der Waals surface area contributed by atoms with Crippen molar-refractivity contribution in [1.29, 1.82) is 0 Å². The van der Waals surface area contributed by atoms with Crippen molar-refractivity contribution < 1.29 is 8.78 Å². The highest BCUT2D eigenvalue weighted by Gasteiger charge is 2.30. The van der Waals surface area contributed by atoms with E-state index in [1.165, 1.54) is 6.07 Å². The SMILES string of the molecule is CC(C)C1CCCN1c1ccc(C(N)=S)c(F)c1F. The normalized spacial score (nSPS) is 19.2. The lowest BCUT2D eigenvalue weighted by Gasteiger charge is -2.30. The summed E-state index contributed by atoms with van der Waals surface area (Å²) < 4.78 is 28.1. The van der Waals surface area contributed by atoms with E-state index in [9.17, 15) is 8.78 Å². The van der Waals surface area contributed by atoms with Gasteiger partial charge in [-0.05, 0) is 30.9 Å². The number of nitrogens with zero attached hydrogens (tertiary/aromatic N) is 1. The third-order valence-corrected chi connectivity index (χ3v) is 3.93. The van der Waals surface area contributed by atoms with E-state index in [1.807, 2.05) is 4.90 Å². The summed E-state index contributed by atoms with van der Waals surface area (Å²) in [6.45, 7) is 4.95. The Kier molecular flexibility index (Phi) is 4.04. The summed E-state index contributed by atoms with van der Waals surface area (Å²) in [4.78, 5) is 1.83. The number of halogens is 2. The van der Waals surface area contributed by atoms with Gasteiger partial charge >= 0.3 is 0 Å². The van der Waals surface area contributed by atoms with Crippen molar-refractivity contribution in [1.82, 2.24) is 0 Å². The fraction of sp³-hybridized carbons (Fsp3) is 0.500. The molecule has 0 saturated carbocycles. The lowest BCUT2D eigenvalue weighted by molar-refractivity contribution is 0.472. The quantitative estimate of drug-likeness (QED) is 0.864. The van der Waals surface area contributed by atoms with Gasteiger partial charge < -0.3 is 10.6 Å². The highest BCUT2D eigenvalue weighted by atomic mass is 32.1. The fourth-order valence-corrected chi connectivity index (χ4v) is 2.89. The average molecular weight is 284 g/mol. The molecule has 1 heterocycles. The molecule has 1 aromatic rings. The molecule has 19 heavy (non-hydrogen) atoms. The minimum absolute atomic E-state index is 0.0310. The van der Waals surface area contributed by atoms with Gasteiger partial charge in [0.15, 0.2) is 11.6 Å². The third-order valence-electron chi connectivity index (χ3n) is 3.71. The van der Waals surface area contributed by atoms with Gasteiger partial charge in [0, 0.05) is 18.2 Å². The van der Waals surface area contributed by atoms with Gasteiger partial charge in [0.05, 0.1) is 5.69 Å². The molecule has 0 aromatic heterocycles. The summed E-state index contributed by atoms with van der Waals surface area (Å²) >= 11 is 4.71. The van der Waals surface area contributed by atoms with E-state index in [4.69, 9.17) is 18.0 Å². The summed E-state index contributed by atoms with van der Waals surface area (Å²) in [5.41, 5.74) is 5.66. The van der Waals surface area contributed by atoms with Gasteiger partial charge in [0.2, 0.25) is 0 Å². The van der Waals surface area contributed by atoms with Gasteiger partial charge in [-0.15, -0.1) is 0 Å². The molecular formula is C14H18F2N2S. The summed E-state index contributed by atoms with van der Waals surface area (Å²) in [5.74, 6) is -1.39. The standard InChI is InChI=1S/C14H18F2N2S/c1-8(2)10-4-3-7-18(10)11-6-5-9(14(17)19)12(15)13(11)16/h5-6,8,10H,3-4,7H2,1-2H3,(H2,17,19). The maximum atomic E-state index is 14.2. The van der Waals surface area contributed by atoms with E-state index in [2.05, 4.69) is 13.8 Å². The molecule has 2 N–H and O–H groups in total. The van der Waals surface area contributed by atoms with E-state index >= 15 is 0 Å². The molecule has 5 heteroatoms. The van der Waals surface area contributed by atoms with Gasteiger partial charge in [0.25, 0.3) is 0 Å². The van der Waals surface area contributed by atoms with E-state index in [-0.39, 0.29) is 16.6 Å². The van der Waals surface area contributed by atoms with Crippen LogP contribution in [0.4, 0.5) is 14.5 Å². The first kappa shape index (κ1) is 14.2. The van der Waals surface area contributed by atoms with Crippen molar-refractivity contribution >= 4 is 22.9 Å². The predicted molar refractivity (Wildman–Crippen MR) is 77.5 cm³/mol. The van der Waals surface area contributed by atoms with Crippen molar-refractivity contribution in [2.75, 3.05) is 11.4 Å². The largest absolute Gasteiger partial charge is 0.389 e. The number of benzene rings is 1. The van der Waals surface area contributed by atoms with Crippen molar-refractivity contribution in [2.24, 2.45) is 11.7 Å². The fourth-order valence-electron chi connectivity index (χ4n) is 2.74. The van der Waals surface area contributed by atoms with Crippen LogP contribution in [0.3, 0.4) is 0 Å². The minimum Gasteiger partial charge on any atom is -0.389 e. The Morgan fingerprint density at radius 2 is 2.05 bits per heavy atom. The lowest BCUT2D eigenvalue weighted by Crippen LogP contribution is -2.34. The summed E-state index contributed by atoms with van der Waals surface area (Å²) in [5, 5.41) is 0. The van der Waals surface area contributed by atoms with Gasteiger partial charge in [-0.25, -0.2) is 8.78 Å². The number of rotatable bonds is 3. The molecule has 0 radical (unpaired) electrons. The van der Waals surface area contributed by atoms with E-state index in [0.29, 0.717) is 11.6 Å². The Morgan fingerprint density at radius 3 is 2.63 bits per heavy atom. The first-order valence-corrected chi connectivity index (χ1v) is 6.88. The zero-order valence-corrected chi connectivity index (χ0v) is 11.9. The molecule has 0 amide bonds. The molecule has 1 aliphatic rings. The van der Waals surface area contributed by atoms with E-state index in [1.54, 1.807) is 6.07 Å². The molecule has 1 aliphatic heterocycles. The van der Waals surface area contributed by atoms with Crippen LogP contribution in [0, 0.1) is 17.6 Å². The molecule has 0 aliphatic carbocycles. The van der Waals surface area contributed by atoms with Crippen LogP contribution in [0.5, 0.6) is 0 Å². The molecule has 2 rings (SSSR count). The van der Waals surface area contributed by atoms with Crippen molar-refractivity contribution in [3.05, 3.63) is 29.3 Å². The van der Waals surface area contributed by atoms with Crippen molar-refractivity contribution in [3.63, 3.8) is 0 Å². The Balaban J connectivity index is 2.41. The first-order chi connectivity index (χ1) is 8.93. The molecule has 1 unspecified atom stereocenters. The van der Waals surface area contributed by atoms with Crippen molar-refractivity contribution in [3.8, 4) is 0 Å². The highest BCUT2D eigenvalue weighted by molar-refractivity contribution is 7.80. The molecule has 0 spiro atoms. The van der Waals surface area contributed by atoms with Crippen LogP contribution in [-0.2, 0) is 0 Å². The Hall–Kier alpha value is -1.23. The topological polar surface area (TPSA) is 29.3 Å². The monoisotopic (exact) mass is 284 g/mol. The zero-order valence-electron chi connectivity index (χ0n) is 11.1. The number of thiocarbonyl (C=S) groups is 1. The number of nitrogens with two attached hydrogens (primary N) is 1. The number of anilines is 1. The predicted octanol–water partition coefficient (Wildman–Crippen LogP) is 3.22. The van der Waals surface area contributed by atoms with Gasteiger partial charge in [-0.2, -0.15) is 0 Å². The lowest BCUT2D eigenvalue weighted by atomic mass is 10.0. The van der Waals surface area contributed by atoms with E-state index < -0.39 is 11.6 Å². The zero-order chi connectivity index (χ0) is 14.2. The van der Waals surface area contributed by atoms with Crippen LogP contribution >= 0.6 is 12.2 Å². The maximum absolute atomic E-state index is 14.2. The average Bonchev–Trinajstić information content (AvgIpc) is 2.81. The van der Waals surface area contributed by atoms with Crippen LogP contribution in [0.2, 0.25) is 0 Å². The van der Waals surface area contributed by atoms with Crippen molar-refractivity contribution in [2.45, 2.75) is 32.7 Å². The Morgan fingerprint density at radius 1 is 1.37 bits per heavy atom.